The Bertz CT molecular complexity index is 594. The topological polar surface area (TPSA) is 40.6 Å². The summed E-state index contributed by atoms with van der Waals surface area (Å²) in [6, 6.07) is 8.22. The predicted molar refractivity (Wildman–Crippen MR) is 94.9 cm³/mol. The molecule has 0 aliphatic carbocycles. The average molecular weight is 349 g/mol. The molecule has 2 aliphatic heterocycles. The molecule has 0 aromatic heterocycles. The molecular weight excluding hydrogens is 324 g/mol. The van der Waals surface area contributed by atoms with Crippen LogP contribution in [0.3, 0.4) is 0 Å². The molecule has 2 saturated heterocycles. The number of nitrogens with zero attached hydrogens (tertiary/aromatic N) is 2. The van der Waals surface area contributed by atoms with Gasteiger partial charge >= 0.3 is 0 Å². The fourth-order valence-electron chi connectivity index (χ4n) is 3.91. The van der Waals surface area contributed by atoms with Gasteiger partial charge in [0.15, 0.2) is 0 Å². The molecule has 0 N–H and O–H groups in total. The highest BCUT2D eigenvalue weighted by Crippen LogP contribution is 2.27. The first-order valence-electron chi connectivity index (χ1n) is 8.85. The van der Waals surface area contributed by atoms with Crippen molar-refractivity contribution in [1.29, 1.82) is 0 Å². The van der Waals surface area contributed by atoms with Gasteiger partial charge in [-0.1, -0.05) is 23.7 Å². The van der Waals surface area contributed by atoms with E-state index >= 15 is 0 Å². The second-order valence-electron chi connectivity index (χ2n) is 6.94. The first-order chi connectivity index (χ1) is 11.5. The lowest BCUT2D eigenvalue weighted by molar-refractivity contribution is -0.140. The fraction of sp³-hybridized carbons (Fsp3) is 0.579. The van der Waals surface area contributed by atoms with E-state index in [1.54, 1.807) is 6.92 Å². The molecule has 2 amide bonds. The summed E-state index contributed by atoms with van der Waals surface area (Å²) < 4.78 is 0. The van der Waals surface area contributed by atoms with Crippen molar-refractivity contribution in [2.75, 3.05) is 19.6 Å². The summed E-state index contributed by atoms with van der Waals surface area (Å²) in [6.45, 7) is 3.89. The van der Waals surface area contributed by atoms with Gasteiger partial charge in [-0.2, -0.15) is 0 Å². The number of rotatable bonds is 3. The van der Waals surface area contributed by atoms with E-state index in [0.717, 1.165) is 43.7 Å². The number of amides is 2. The number of benzene rings is 1. The molecule has 0 saturated carbocycles. The highest BCUT2D eigenvalue weighted by Gasteiger charge is 2.34. The van der Waals surface area contributed by atoms with Gasteiger partial charge in [0.1, 0.15) is 0 Å². The van der Waals surface area contributed by atoms with E-state index in [0.29, 0.717) is 19.1 Å². The van der Waals surface area contributed by atoms with Crippen LogP contribution in [0.5, 0.6) is 0 Å². The molecule has 1 atom stereocenters. The Kier molecular flexibility index (Phi) is 5.44. The van der Waals surface area contributed by atoms with Crippen molar-refractivity contribution in [1.82, 2.24) is 9.80 Å². The number of carbonyl (C=O) groups is 2. The van der Waals surface area contributed by atoms with Crippen molar-refractivity contribution in [3.8, 4) is 0 Å². The Hall–Kier alpha value is -1.55. The molecule has 0 radical (unpaired) electrons. The quantitative estimate of drug-likeness (QED) is 0.842. The minimum absolute atomic E-state index is 0.0754. The lowest BCUT2D eigenvalue weighted by Gasteiger charge is -2.34. The lowest BCUT2D eigenvalue weighted by Crippen LogP contribution is -2.45. The van der Waals surface area contributed by atoms with E-state index in [1.807, 2.05) is 17.0 Å². The first-order valence-corrected chi connectivity index (χ1v) is 9.23. The molecule has 5 heteroatoms. The molecule has 2 aliphatic rings. The van der Waals surface area contributed by atoms with Gasteiger partial charge in [0.2, 0.25) is 11.8 Å². The highest BCUT2D eigenvalue weighted by molar-refractivity contribution is 6.30. The normalized spacial score (nSPS) is 22.0. The van der Waals surface area contributed by atoms with Gasteiger partial charge in [0.05, 0.1) is 0 Å². The van der Waals surface area contributed by atoms with Crippen LogP contribution in [-0.2, 0) is 16.0 Å². The van der Waals surface area contributed by atoms with Crippen LogP contribution in [0.2, 0.25) is 5.02 Å². The van der Waals surface area contributed by atoms with Crippen LogP contribution in [0, 0.1) is 5.92 Å². The van der Waals surface area contributed by atoms with E-state index in [4.69, 9.17) is 11.6 Å². The smallest absolute Gasteiger partial charge is 0.226 e. The summed E-state index contributed by atoms with van der Waals surface area (Å²) in [7, 11) is 0. The standard InChI is InChI=1S/C19H25ClN2O2/c1-14(23)21-11-8-16(9-12-21)19(24)22-10-2-3-18(22)13-15-4-6-17(20)7-5-15/h4-7,16,18H,2-3,8-13H2,1H3. The second kappa shape index (κ2) is 7.56. The van der Waals surface area contributed by atoms with Crippen molar-refractivity contribution in [2.45, 2.75) is 45.1 Å². The predicted octanol–water partition coefficient (Wildman–Crippen LogP) is 3.13. The number of halogens is 1. The van der Waals surface area contributed by atoms with Crippen LogP contribution < -0.4 is 0 Å². The summed E-state index contributed by atoms with van der Waals surface area (Å²) in [4.78, 5) is 28.3. The third-order valence-electron chi connectivity index (χ3n) is 5.33. The maximum absolute atomic E-state index is 12.9. The van der Waals surface area contributed by atoms with Gasteiger partial charge in [-0.05, 0) is 49.8 Å². The molecule has 4 nitrogen and oxygen atoms in total. The number of hydrogen-bond acceptors (Lipinski definition) is 2. The molecule has 2 heterocycles. The zero-order valence-corrected chi connectivity index (χ0v) is 15.0. The molecule has 1 aromatic rings. The first kappa shape index (κ1) is 17.3. The average Bonchev–Trinajstić information content (AvgIpc) is 3.04. The van der Waals surface area contributed by atoms with Crippen molar-refractivity contribution < 1.29 is 9.59 Å². The summed E-state index contributed by atoms with van der Waals surface area (Å²) in [5.41, 5.74) is 1.23. The van der Waals surface area contributed by atoms with Crippen molar-refractivity contribution in [2.24, 2.45) is 5.92 Å². The zero-order valence-electron chi connectivity index (χ0n) is 14.2. The summed E-state index contributed by atoms with van der Waals surface area (Å²) in [5, 5.41) is 0.746. The van der Waals surface area contributed by atoms with Crippen LogP contribution in [-0.4, -0.2) is 47.3 Å². The zero-order chi connectivity index (χ0) is 17.1. The number of carbonyl (C=O) groups excluding carboxylic acids is 2. The molecular formula is C19H25ClN2O2. The summed E-state index contributed by atoms with van der Waals surface area (Å²) in [5.74, 6) is 0.476. The summed E-state index contributed by atoms with van der Waals surface area (Å²) >= 11 is 5.95. The fourth-order valence-corrected chi connectivity index (χ4v) is 4.03. The SMILES string of the molecule is CC(=O)N1CCC(C(=O)N2CCCC2Cc2ccc(Cl)cc2)CC1. The van der Waals surface area contributed by atoms with Crippen molar-refractivity contribution in [3.05, 3.63) is 34.9 Å². The molecule has 2 fully saturated rings. The van der Waals surface area contributed by atoms with Crippen molar-refractivity contribution in [3.63, 3.8) is 0 Å². The summed E-state index contributed by atoms with van der Waals surface area (Å²) in [6.07, 6.45) is 4.64. The van der Waals surface area contributed by atoms with Crippen molar-refractivity contribution >= 4 is 23.4 Å². The lowest BCUT2D eigenvalue weighted by atomic mass is 9.94. The van der Waals surface area contributed by atoms with Gasteiger partial charge in [0.25, 0.3) is 0 Å². The minimum atomic E-state index is 0.0754. The molecule has 3 rings (SSSR count). The molecule has 0 bridgehead atoms. The van der Waals surface area contributed by atoms with Crippen LogP contribution >= 0.6 is 11.6 Å². The van der Waals surface area contributed by atoms with E-state index in [9.17, 15) is 9.59 Å². The van der Waals surface area contributed by atoms with E-state index in [-0.39, 0.29) is 17.7 Å². The van der Waals surface area contributed by atoms with E-state index in [1.165, 1.54) is 5.56 Å². The number of piperidine rings is 1. The van der Waals surface area contributed by atoms with Crippen LogP contribution in [0.25, 0.3) is 0 Å². The molecule has 1 unspecified atom stereocenters. The number of likely N-dealkylation sites (tertiary alicyclic amines) is 2. The highest BCUT2D eigenvalue weighted by atomic mass is 35.5. The van der Waals surface area contributed by atoms with Crippen LogP contribution in [0.1, 0.15) is 38.2 Å². The Morgan fingerprint density at radius 1 is 1.08 bits per heavy atom. The van der Waals surface area contributed by atoms with Gasteiger partial charge in [0, 0.05) is 43.5 Å². The van der Waals surface area contributed by atoms with Crippen LogP contribution in [0.15, 0.2) is 24.3 Å². The number of hydrogen-bond donors (Lipinski definition) is 0. The molecule has 0 spiro atoms. The molecule has 1 aromatic carbocycles. The maximum Gasteiger partial charge on any atom is 0.226 e. The third-order valence-corrected chi connectivity index (χ3v) is 5.59. The Morgan fingerprint density at radius 3 is 2.38 bits per heavy atom. The van der Waals surface area contributed by atoms with Crippen LogP contribution in [0.4, 0.5) is 0 Å². The molecule has 24 heavy (non-hydrogen) atoms. The molecule has 130 valence electrons. The minimum Gasteiger partial charge on any atom is -0.343 e. The second-order valence-corrected chi connectivity index (χ2v) is 7.38. The van der Waals surface area contributed by atoms with Gasteiger partial charge in [-0.25, -0.2) is 0 Å². The third kappa shape index (κ3) is 3.92. The Labute approximate surface area is 148 Å². The van der Waals surface area contributed by atoms with Gasteiger partial charge in [-0.15, -0.1) is 0 Å². The largest absolute Gasteiger partial charge is 0.343 e. The Morgan fingerprint density at radius 2 is 1.75 bits per heavy atom. The van der Waals surface area contributed by atoms with E-state index in [2.05, 4.69) is 17.0 Å². The van der Waals surface area contributed by atoms with E-state index < -0.39 is 0 Å². The maximum atomic E-state index is 12.9. The van der Waals surface area contributed by atoms with Gasteiger partial charge in [-0.3, -0.25) is 9.59 Å². The van der Waals surface area contributed by atoms with Gasteiger partial charge < -0.3 is 9.80 Å². The Balaban J connectivity index is 1.59. The monoisotopic (exact) mass is 348 g/mol.